The van der Waals surface area contributed by atoms with E-state index in [1.165, 1.54) is 42.7 Å². The molecule has 0 atom stereocenters. The third kappa shape index (κ3) is 10.3. The van der Waals surface area contributed by atoms with E-state index in [4.69, 9.17) is 28.4 Å². The number of hydrogen-bond donors (Lipinski definition) is 0. The van der Waals surface area contributed by atoms with Crippen LogP contribution in [0.3, 0.4) is 0 Å². The third-order valence-electron chi connectivity index (χ3n) is 9.36. The van der Waals surface area contributed by atoms with Gasteiger partial charge in [0.15, 0.2) is 0 Å². The van der Waals surface area contributed by atoms with E-state index in [0.29, 0.717) is 34.1 Å². The number of hydrogen-bond acceptors (Lipinski definition) is 14. The number of carbonyl (C=O) groups excluding carboxylic acids is 6. The molecule has 0 aromatic heterocycles. The van der Waals surface area contributed by atoms with Gasteiger partial charge in [0.2, 0.25) is 0 Å². The number of anilines is 6. The van der Waals surface area contributed by atoms with E-state index in [0.717, 1.165) is 3.57 Å². The van der Waals surface area contributed by atoms with Gasteiger partial charge in [0.05, 0.1) is 110 Å². The lowest BCUT2D eigenvalue weighted by atomic mass is 10.0. The zero-order valence-corrected chi connectivity index (χ0v) is 37.1. The number of nitrogens with zero attached hydrogens (tertiary/aromatic N) is 2. The molecule has 6 aromatic carbocycles. The maximum atomic E-state index is 12.7. The number of carbonyl (C=O) groups is 6. The van der Waals surface area contributed by atoms with Gasteiger partial charge in [-0.3, -0.25) is 0 Å². The van der Waals surface area contributed by atoms with E-state index in [1.54, 1.807) is 143 Å². The van der Waals surface area contributed by atoms with Crippen molar-refractivity contribution in [3.8, 4) is 0 Å². The highest BCUT2D eigenvalue weighted by atomic mass is 127. The summed E-state index contributed by atoms with van der Waals surface area (Å²) in [4.78, 5) is 78.7. The van der Waals surface area contributed by atoms with E-state index in [9.17, 15) is 28.8 Å². The van der Waals surface area contributed by atoms with Crippen LogP contribution in [0.5, 0.6) is 0 Å². The zero-order valence-electron chi connectivity index (χ0n) is 35.0. The van der Waals surface area contributed by atoms with Gasteiger partial charge in [0.1, 0.15) is 0 Å². The molecule has 6 rings (SSSR count). The van der Waals surface area contributed by atoms with Crippen molar-refractivity contribution in [2.75, 3.05) is 52.5 Å². The summed E-state index contributed by atoms with van der Waals surface area (Å²) >= 11 is 2.10. The van der Waals surface area contributed by atoms with E-state index >= 15 is 0 Å². The maximum Gasteiger partial charge on any atom is 0.340 e. The Morgan fingerprint density at radius 3 is 0.762 bits per heavy atom. The Labute approximate surface area is 377 Å². The molecule has 0 saturated carbocycles. The van der Waals surface area contributed by atoms with E-state index in [1.807, 2.05) is 6.07 Å². The van der Waals surface area contributed by atoms with Crippen molar-refractivity contribution in [3.05, 3.63) is 176 Å². The molecule has 15 heteroatoms. The molecule has 0 heterocycles. The number of methoxy groups -OCH3 is 6. The van der Waals surface area contributed by atoms with Crippen molar-refractivity contribution < 1.29 is 57.2 Å². The normalized spacial score (nSPS) is 10.2. The zero-order chi connectivity index (χ0) is 45.6. The number of rotatable bonds is 12. The average Bonchev–Trinajstić information content (AvgIpc) is 3.34. The van der Waals surface area contributed by atoms with Gasteiger partial charge in [-0.25, -0.2) is 28.8 Å². The predicted octanol–water partition coefficient (Wildman–Crippen LogP) is 9.64. The summed E-state index contributed by atoms with van der Waals surface area (Å²) in [7, 11) is 7.73. The Bertz CT molecular complexity index is 2460. The van der Waals surface area contributed by atoms with Crippen LogP contribution < -0.4 is 9.80 Å². The molecular formula is C48H41IN2O12. The summed E-state index contributed by atoms with van der Waals surface area (Å²) < 4.78 is 30.6. The van der Waals surface area contributed by atoms with Crippen LogP contribution in [0.1, 0.15) is 62.1 Å². The minimum Gasteiger partial charge on any atom is -0.465 e. The molecule has 0 radical (unpaired) electrons. The number of ether oxygens (including phenoxy) is 6. The molecule has 0 unspecified atom stereocenters. The molecule has 14 nitrogen and oxygen atoms in total. The highest BCUT2D eigenvalue weighted by Gasteiger charge is 2.29. The second kappa shape index (κ2) is 21.8. The van der Waals surface area contributed by atoms with Crippen molar-refractivity contribution in [3.63, 3.8) is 0 Å². The minimum atomic E-state index is -0.564. The van der Waals surface area contributed by atoms with Crippen LogP contribution in [0.2, 0.25) is 0 Å². The van der Waals surface area contributed by atoms with E-state index in [2.05, 4.69) is 22.6 Å². The quantitative estimate of drug-likeness (QED) is 0.0647. The molecule has 0 bridgehead atoms. The van der Waals surface area contributed by atoms with E-state index in [-0.39, 0.29) is 33.4 Å². The Hall–Kier alpha value is -7.53. The van der Waals surface area contributed by atoms with Crippen LogP contribution in [-0.4, -0.2) is 78.5 Å². The van der Waals surface area contributed by atoms with Crippen LogP contribution in [0.4, 0.5) is 34.1 Å². The van der Waals surface area contributed by atoms with Crippen molar-refractivity contribution in [2.45, 2.75) is 0 Å². The average molecular weight is 965 g/mol. The second-order valence-electron chi connectivity index (χ2n) is 12.9. The van der Waals surface area contributed by atoms with Gasteiger partial charge in [0.25, 0.3) is 0 Å². The Morgan fingerprint density at radius 2 is 0.524 bits per heavy atom. The maximum absolute atomic E-state index is 12.7. The SMILES string of the molecule is COC(=O)c1ccccc1N(c1ccccc1C(=O)OC)c1ccc(I)cc1C(=O)OC.COC(=O)c1ccccc1N(c1ccccc1C(=O)OC)c1ccccc1C(=O)OC. The molecule has 0 fully saturated rings. The van der Waals surface area contributed by atoms with Gasteiger partial charge in [-0.15, -0.1) is 0 Å². The van der Waals surface area contributed by atoms with Crippen LogP contribution in [0.25, 0.3) is 0 Å². The van der Waals surface area contributed by atoms with Crippen LogP contribution in [-0.2, 0) is 28.4 Å². The molecule has 63 heavy (non-hydrogen) atoms. The topological polar surface area (TPSA) is 164 Å². The van der Waals surface area contributed by atoms with Gasteiger partial charge >= 0.3 is 35.8 Å². The Kier molecular flexibility index (Phi) is 16.1. The highest BCUT2D eigenvalue weighted by Crippen LogP contribution is 2.42. The molecule has 0 saturated heterocycles. The van der Waals surface area contributed by atoms with Crippen molar-refractivity contribution in [2.24, 2.45) is 0 Å². The summed E-state index contributed by atoms with van der Waals surface area (Å²) in [6.45, 7) is 0. The van der Waals surface area contributed by atoms with Crippen molar-refractivity contribution in [1.29, 1.82) is 0 Å². The number of esters is 6. The first kappa shape index (κ1) is 46.5. The molecule has 0 N–H and O–H groups in total. The van der Waals surface area contributed by atoms with Crippen molar-refractivity contribution in [1.82, 2.24) is 0 Å². The molecule has 0 amide bonds. The van der Waals surface area contributed by atoms with Crippen LogP contribution in [0.15, 0.2) is 140 Å². The number of halogens is 1. The lowest BCUT2D eigenvalue weighted by Gasteiger charge is -2.29. The summed E-state index contributed by atoms with van der Waals surface area (Å²) in [6, 6.07) is 39.0. The smallest absolute Gasteiger partial charge is 0.340 e. The van der Waals surface area contributed by atoms with Crippen LogP contribution in [0, 0.1) is 3.57 Å². The molecule has 0 spiro atoms. The lowest BCUT2D eigenvalue weighted by Crippen LogP contribution is -2.20. The van der Waals surface area contributed by atoms with Gasteiger partial charge in [-0.1, -0.05) is 60.7 Å². The molecular weight excluding hydrogens is 923 g/mol. The number of benzene rings is 6. The first-order chi connectivity index (χ1) is 30.4. The molecule has 6 aromatic rings. The summed E-state index contributed by atoms with van der Waals surface area (Å²) in [5.74, 6) is -3.38. The highest BCUT2D eigenvalue weighted by molar-refractivity contribution is 14.1. The first-order valence-electron chi connectivity index (χ1n) is 18.8. The largest absolute Gasteiger partial charge is 0.465 e. The Balaban J connectivity index is 0.000000238. The fourth-order valence-electron chi connectivity index (χ4n) is 6.51. The third-order valence-corrected chi connectivity index (χ3v) is 10.0. The van der Waals surface area contributed by atoms with Gasteiger partial charge in [-0.2, -0.15) is 0 Å². The summed E-state index contributed by atoms with van der Waals surface area (Å²) in [5.41, 5.74) is 4.05. The lowest BCUT2D eigenvalue weighted by molar-refractivity contribution is 0.0590. The standard InChI is InChI=1S/C24H20INO6.C24H21NO6/c1-30-22(27)16-8-4-6-10-19(16)26(20-11-7-5-9-17(20)23(28)31-2)21-13-12-15(25)14-18(21)24(29)32-3;1-29-22(26)16-10-4-7-13-19(16)25(20-14-8-5-11-17(20)23(27)30-2)21-15-9-6-12-18(21)24(28)31-3/h4-14H,1-3H3;4-15H,1-3H3. The summed E-state index contributed by atoms with van der Waals surface area (Å²) in [5, 5.41) is 0. The van der Waals surface area contributed by atoms with E-state index < -0.39 is 35.8 Å². The molecule has 0 aliphatic carbocycles. The molecule has 0 aliphatic heterocycles. The second-order valence-corrected chi connectivity index (χ2v) is 14.1. The van der Waals surface area contributed by atoms with Crippen molar-refractivity contribution >= 4 is 92.5 Å². The monoisotopic (exact) mass is 964 g/mol. The van der Waals surface area contributed by atoms with Gasteiger partial charge in [-0.05, 0) is 101 Å². The summed E-state index contributed by atoms with van der Waals surface area (Å²) in [6.07, 6.45) is 0. The number of para-hydroxylation sites is 5. The molecule has 0 aliphatic rings. The van der Waals surface area contributed by atoms with Gasteiger partial charge < -0.3 is 38.2 Å². The first-order valence-corrected chi connectivity index (χ1v) is 19.9. The fourth-order valence-corrected chi connectivity index (χ4v) is 7.00. The van der Waals surface area contributed by atoms with Crippen LogP contribution >= 0.6 is 22.6 Å². The minimum absolute atomic E-state index is 0.254. The predicted molar refractivity (Wildman–Crippen MR) is 243 cm³/mol. The fraction of sp³-hybridized carbons (Fsp3) is 0.125. The molecule has 322 valence electrons. The van der Waals surface area contributed by atoms with Gasteiger partial charge in [0, 0.05) is 3.57 Å². The Morgan fingerprint density at radius 1 is 0.317 bits per heavy atom.